The Morgan fingerprint density at radius 3 is 2.61 bits per heavy atom. The van der Waals surface area contributed by atoms with Crippen molar-refractivity contribution in [1.29, 1.82) is 0 Å². The Labute approximate surface area is 107 Å². The second-order valence-electron chi connectivity index (χ2n) is 5.28. The topological polar surface area (TPSA) is 70.2 Å². The molecule has 0 saturated carbocycles. The lowest BCUT2D eigenvalue weighted by molar-refractivity contribution is 0.179. The summed E-state index contributed by atoms with van der Waals surface area (Å²) in [6.07, 6.45) is 1.52. The third kappa shape index (κ3) is 2.42. The molecule has 4 nitrogen and oxygen atoms in total. The molecule has 2 rings (SSSR count). The molecule has 0 aliphatic rings. The largest absolute Gasteiger partial charge is 0.396 e. The molecule has 0 atom stereocenters. The van der Waals surface area contributed by atoms with E-state index in [4.69, 9.17) is 0 Å². The molecule has 0 aliphatic heterocycles. The quantitative estimate of drug-likeness (QED) is 0.889. The molecule has 5 heteroatoms. The smallest absolute Gasteiger partial charge is 0.181 e. The second-order valence-corrected chi connectivity index (χ2v) is 7.24. The lowest BCUT2D eigenvalue weighted by atomic mass is 9.98. The Bertz CT molecular complexity index is 656. The molecule has 2 N–H and O–H groups in total. The fourth-order valence-corrected chi connectivity index (χ4v) is 3.97. The van der Waals surface area contributed by atoms with Crippen LogP contribution in [-0.4, -0.2) is 30.9 Å². The minimum atomic E-state index is -3.40. The van der Waals surface area contributed by atoms with Crippen molar-refractivity contribution in [3.8, 4) is 0 Å². The first-order chi connectivity index (χ1) is 8.36. The van der Waals surface area contributed by atoms with Gasteiger partial charge in [0.1, 0.15) is 0 Å². The van der Waals surface area contributed by atoms with E-state index in [9.17, 15) is 13.5 Å². The molecular formula is C13H17NO3S. The van der Waals surface area contributed by atoms with Crippen LogP contribution in [0.15, 0.2) is 35.4 Å². The lowest BCUT2D eigenvalue weighted by Crippen LogP contribution is -2.27. The second kappa shape index (κ2) is 4.40. The average Bonchev–Trinajstić information content (AvgIpc) is 2.72. The van der Waals surface area contributed by atoms with Gasteiger partial charge in [-0.05, 0) is 6.07 Å². The monoisotopic (exact) mass is 267 g/mol. The van der Waals surface area contributed by atoms with Gasteiger partial charge in [0.15, 0.2) is 9.84 Å². The molecule has 1 heterocycles. The van der Waals surface area contributed by atoms with Crippen LogP contribution in [0.2, 0.25) is 0 Å². The molecule has 0 unspecified atom stereocenters. The number of aliphatic hydroxyl groups excluding tert-OH is 1. The summed E-state index contributed by atoms with van der Waals surface area (Å²) < 4.78 is 24.7. The van der Waals surface area contributed by atoms with Gasteiger partial charge in [-0.15, -0.1) is 0 Å². The zero-order valence-electron chi connectivity index (χ0n) is 10.5. The predicted octanol–water partition coefficient (Wildman–Crippen LogP) is 1.96. The van der Waals surface area contributed by atoms with Gasteiger partial charge < -0.3 is 10.1 Å². The van der Waals surface area contributed by atoms with Gasteiger partial charge in [0, 0.05) is 29.1 Å². The number of H-pyrrole nitrogens is 1. The zero-order chi connectivity index (χ0) is 13.4. The SMILES string of the molecule is CC(C)(CO)CS(=O)(=O)c1c[nH]c2ccccc12. The number of nitrogens with one attached hydrogen (secondary N) is 1. The van der Waals surface area contributed by atoms with Gasteiger partial charge in [0.2, 0.25) is 0 Å². The van der Waals surface area contributed by atoms with Gasteiger partial charge in [0.25, 0.3) is 0 Å². The van der Waals surface area contributed by atoms with Gasteiger partial charge in [-0.1, -0.05) is 32.0 Å². The Morgan fingerprint density at radius 2 is 1.94 bits per heavy atom. The molecule has 0 spiro atoms. The first kappa shape index (κ1) is 13.1. The molecule has 98 valence electrons. The molecule has 0 aliphatic carbocycles. The van der Waals surface area contributed by atoms with E-state index >= 15 is 0 Å². The first-order valence-electron chi connectivity index (χ1n) is 5.75. The van der Waals surface area contributed by atoms with Crippen LogP contribution in [-0.2, 0) is 9.84 Å². The van der Waals surface area contributed by atoms with Gasteiger partial charge in [0.05, 0.1) is 10.6 Å². The van der Waals surface area contributed by atoms with Crippen molar-refractivity contribution in [3.63, 3.8) is 0 Å². The van der Waals surface area contributed by atoms with Crippen LogP contribution in [0, 0.1) is 5.41 Å². The fourth-order valence-electron chi connectivity index (χ4n) is 1.94. The Hall–Kier alpha value is -1.33. The molecule has 0 fully saturated rings. The van der Waals surface area contributed by atoms with Crippen LogP contribution in [0.4, 0.5) is 0 Å². The van der Waals surface area contributed by atoms with Crippen LogP contribution in [0.5, 0.6) is 0 Å². The van der Waals surface area contributed by atoms with E-state index in [1.54, 1.807) is 19.9 Å². The molecule has 2 aromatic rings. The highest BCUT2D eigenvalue weighted by molar-refractivity contribution is 7.91. The van der Waals surface area contributed by atoms with Crippen LogP contribution in [0.1, 0.15) is 13.8 Å². The van der Waals surface area contributed by atoms with Crippen LogP contribution in [0.25, 0.3) is 10.9 Å². The van der Waals surface area contributed by atoms with Crippen LogP contribution in [0.3, 0.4) is 0 Å². The van der Waals surface area contributed by atoms with Gasteiger partial charge in [-0.2, -0.15) is 0 Å². The highest BCUT2D eigenvalue weighted by Gasteiger charge is 2.28. The van der Waals surface area contributed by atoms with Crippen molar-refractivity contribution in [1.82, 2.24) is 4.98 Å². The highest BCUT2D eigenvalue weighted by Crippen LogP contribution is 2.27. The number of rotatable bonds is 4. The highest BCUT2D eigenvalue weighted by atomic mass is 32.2. The Kier molecular flexibility index (Phi) is 3.21. The molecule has 0 radical (unpaired) electrons. The summed E-state index contributed by atoms with van der Waals surface area (Å²) in [7, 11) is -3.40. The Balaban J connectivity index is 2.48. The van der Waals surface area contributed by atoms with Crippen molar-refractivity contribution in [3.05, 3.63) is 30.5 Å². The maximum absolute atomic E-state index is 12.4. The number of aromatic nitrogens is 1. The summed E-state index contributed by atoms with van der Waals surface area (Å²) >= 11 is 0. The summed E-state index contributed by atoms with van der Waals surface area (Å²) in [5, 5.41) is 9.90. The molecule has 0 amide bonds. The van der Waals surface area contributed by atoms with E-state index in [-0.39, 0.29) is 12.4 Å². The first-order valence-corrected chi connectivity index (χ1v) is 7.41. The maximum Gasteiger partial charge on any atom is 0.181 e. The average molecular weight is 267 g/mol. The molecular weight excluding hydrogens is 250 g/mol. The van der Waals surface area contributed by atoms with E-state index < -0.39 is 15.3 Å². The van der Waals surface area contributed by atoms with Crippen molar-refractivity contribution in [2.75, 3.05) is 12.4 Å². The van der Waals surface area contributed by atoms with E-state index in [1.807, 2.05) is 18.2 Å². The number of para-hydroxylation sites is 1. The summed E-state index contributed by atoms with van der Waals surface area (Å²) in [6.45, 7) is 3.31. The summed E-state index contributed by atoms with van der Waals surface area (Å²) in [6, 6.07) is 7.29. The van der Waals surface area contributed by atoms with Gasteiger partial charge >= 0.3 is 0 Å². The molecule has 0 bridgehead atoms. The number of aromatic amines is 1. The summed E-state index contributed by atoms with van der Waals surface area (Å²) in [4.78, 5) is 3.26. The van der Waals surface area contributed by atoms with Gasteiger partial charge in [-0.3, -0.25) is 0 Å². The summed E-state index contributed by atoms with van der Waals surface area (Å²) in [5.41, 5.74) is 0.162. The Morgan fingerprint density at radius 1 is 1.28 bits per heavy atom. The van der Waals surface area contributed by atoms with Crippen molar-refractivity contribution >= 4 is 20.7 Å². The van der Waals surface area contributed by atoms with E-state index in [0.29, 0.717) is 10.3 Å². The number of hydrogen-bond acceptors (Lipinski definition) is 3. The fraction of sp³-hybridized carbons (Fsp3) is 0.385. The minimum absolute atomic E-state index is 0.0711. The third-order valence-corrected chi connectivity index (χ3v) is 5.06. The number of sulfone groups is 1. The van der Waals surface area contributed by atoms with Crippen molar-refractivity contribution in [2.45, 2.75) is 18.7 Å². The maximum atomic E-state index is 12.4. The predicted molar refractivity (Wildman–Crippen MR) is 71.2 cm³/mol. The molecule has 1 aromatic carbocycles. The molecule has 1 aromatic heterocycles. The standard InChI is InChI=1S/C13H17NO3S/c1-13(2,8-15)9-18(16,17)12-7-14-11-6-4-3-5-10(11)12/h3-7,14-15H,8-9H2,1-2H3. The van der Waals surface area contributed by atoms with E-state index in [0.717, 1.165) is 5.52 Å². The van der Waals surface area contributed by atoms with E-state index in [1.165, 1.54) is 6.20 Å². The number of fused-ring (bicyclic) bond motifs is 1. The van der Waals surface area contributed by atoms with Crippen LogP contribution >= 0.6 is 0 Å². The van der Waals surface area contributed by atoms with Crippen molar-refractivity contribution < 1.29 is 13.5 Å². The lowest BCUT2D eigenvalue weighted by Gasteiger charge is -2.20. The zero-order valence-corrected chi connectivity index (χ0v) is 11.3. The van der Waals surface area contributed by atoms with Gasteiger partial charge in [-0.25, -0.2) is 8.42 Å². The minimum Gasteiger partial charge on any atom is -0.396 e. The molecule has 18 heavy (non-hydrogen) atoms. The third-order valence-electron chi connectivity index (χ3n) is 2.90. The van der Waals surface area contributed by atoms with Crippen molar-refractivity contribution in [2.24, 2.45) is 5.41 Å². The number of hydrogen-bond donors (Lipinski definition) is 2. The number of benzene rings is 1. The number of aliphatic hydroxyl groups is 1. The normalized spacial score (nSPS) is 13.1. The summed E-state index contributed by atoms with van der Waals surface area (Å²) in [5.74, 6) is -0.0711. The van der Waals surface area contributed by atoms with E-state index in [2.05, 4.69) is 4.98 Å². The van der Waals surface area contributed by atoms with Crippen LogP contribution < -0.4 is 0 Å². The molecule has 0 saturated heterocycles.